The van der Waals surface area contributed by atoms with E-state index in [0.717, 1.165) is 23.5 Å². The summed E-state index contributed by atoms with van der Waals surface area (Å²) in [5.41, 5.74) is 4.04. The molecule has 0 heterocycles. The van der Waals surface area contributed by atoms with E-state index in [9.17, 15) is 0 Å². The minimum absolute atomic E-state index is 0.457. The highest BCUT2D eigenvalue weighted by Crippen LogP contribution is 2.61. The lowest BCUT2D eigenvalue weighted by molar-refractivity contribution is 0.389. The van der Waals surface area contributed by atoms with Gasteiger partial charge in [-0.25, -0.2) is 0 Å². The summed E-state index contributed by atoms with van der Waals surface area (Å²) >= 11 is 0. The van der Waals surface area contributed by atoms with Gasteiger partial charge < -0.3 is 10.1 Å². The van der Waals surface area contributed by atoms with Crippen LogP contribution in [0.2, 0.25) is 0 Å². The third-order valence-electron chi connectivity index (χ3n) is 5.44. The minimum Gasteiger partial charge on any atom is -0.496 e. The van der Waals surface area contributed by atoms with Crippen molar-refractivity contribution in [2.24, 2.45) is 17.8 Å². The van der Waals surface area contributed by atoms with Gasteiger partial charge in [-0.3, -0.25) is 0 Å². The smallest absolute Gasteiger partial charge is 0.124 e. The van der Waals surface area contributed by atoms with Crippen molar-refractivity contribution in [3.63, 3.8) is 0 Å². The first-order valence-corrected chi connectivity index (χ1v) is 7.99. The van der Waals surface area contributed by atoms with Crippen LogP contribution in [0.3, 0.4) is 0 Å². The van der Waals surface area contributed by atoms with Crippen LogP contribution in [0.25, 0.3) is 0 Å². The normalized spacial score (nSPS) is 29.7. The molecule has 0 aliphatic heterocycles. The Bertz CT molecular complexity index is 484. The second-order valence-electron chi connectivity index (χ2n) is 6.65. The zero-order valence-corrected chi connectivity index (χ0v) is 13.2. The summed E-state index contributed by atoms with van der Waals surface area (Å²) in [5.74, 6) is 3.78. The number of hydrogen-bond donors (Lipinski definition) is 1. The average Bonchev–Trinajstić information content (AvgIpc) is 3.16. The van der Waals surface area contributed by atoms with E-state index in [1.54, 1.807) is 7.11 Å². The average molecular weight is 273 g/mol. The van der Waals surface area contributed by atoms with Crippen molar-refractivity contribution in [2.45, 2.75) is 45.6 Å². The predicted molar refractivity (Wildman–Crippen MR) is 83.2 cm³/mol. The maximum Gasteiger partial charge on any atom is 0.124 e. The third kappa shape index (κ3) is 2.24. The summed E-state index contributed by atoms with van der Waals surface area (Å²) in [6, 6.07) is 4.92. The second-order valence-corrected chi connectivity index (χ2v) is 6.65. The molecule has 2 aliphatic rings. The van der Waals surface area contributed by atoms with E-state index in [2.05, 4.69) is 38.3 Å². The monoisotopic (exact) mass is 273 g/mol. The Morgan fingerprint density at radius 3 is 2.35 bits per heavy atom. The Balaban J connectivity index is 1.94. The van der Waals surface area contributed by atoms with Crippen molar-refractivity contribution in [1.82, 2.24) is 5.32 Å². The molecule has 3 atom stereocenters. The fourth-order valence-electron chi connectivity index (χ4n) is 4.58. The van der Waals surface area contributed by atoms with Crippen LogP contribution in [-0.4, -0.2) is 14.2 Å². The van der Waals surface area contributed by atoms with E-state index in [1.807, 2.05) is 0 Å². The molecule has 1 aromatic rings. The Labute approximate surface area is 122 Å². The summed E-state index contributed by atoms with van der Waals surface area (Å²) in [6.07, 6.45) is 5.72. The largest absolute Gasteiger partial charge is 0.496 e. The van der Waals surface area contributed by atoms with Gasteiger partial charge in [-0.15, -0.1) is 0 Å². The van der Waals surface area contributed by atoms with Gasteiger partial charge in [0, 0.05) is 11.6 Å². The molecule has 0 aromatic heterocycles. The van der Waals surface area contributed by atoms with Gasteiger partial charge in [0.05, 0.1) is 7.11 Å². The van der Waals surface area contributed by atoms with E-state index < -0.39 is 0 Å². The Morgan fingerprint density at radius 1 is 1.15 bits per heavy atom. The Morgan fingerprint density at radius 2 is 1.80 bits per heavy atom. The van der Waals surface area contributed by atoms with Crippen LogP contribution in [-0.2, 0) is 0 Å². The number of benzene rings is 1. The van der Waals surface area contributed by atoms with E-state index in [4.69, 9.17) is 4.74 Å². The second kappa shape index (κ2) is 5.40. The third-order valence-corrected chi connectivity index (χ3v) is 5.44. The first-order valence-electron chi connectivity index (χ1n) is 7.99. The molecule has 110 valence electrons. The molecule has 2 saturated carbocycles. The standard InChI is InChI=1S/C18H27NO/c1-11-9-12(2)16(15(10-11)20-4)18(19-3)17-13-7-5-6-8-14(13)17/h9-10,13-14,17-19H,5-8H2,1-4H3. The molecular weight excluding hydrogens is 246 g/mol. The lowest BCUT2D eigenvalue weighted by Gasteiger charge is -2.23. The Hall–Kier alpha value is -1.02. The first-order chi connectivity index (χ1) is 9.67. The molecule has 0 spiro atoms. The van der Waals surface area contributed by atoms with Gasteiger partial charge in [0.1, 0.15) is 5.75 Å². The highest BCUT2D eigenvalue weighted by molar-refractivity contribution is 5.46. The van der Waals surface area contributed by atoms with Gasteiger partial charge >= 0.3 is 0 Å². The molecule has 0 saturated heterocycles. The van der Waals surface area contributed by atoms with Crippen molar-refractivity contribution in [2.75, 3.05) is 14.2 Å². The molecular formula is C18H27NO. The summed E-state index contributed by atoms with van der Waals surface area (Å²) in [4.78, 5) is 0. The topological polar surface area (TPSA) is 21.3 Å². The fourth-order valence-corrected chi connectivity index (χ4v) is 4.58. The van der Waals surface area contributed by atoms with Crippen LogP contribution in [0.4, 0.5) is 0 Å². The SMILES string of the molecule is CNC(c1c(C)cc(C)cc1OC)C1C2CCCCC21. The number of ether oxygens (including phenoxy) is 1. The van der Waals surface area contributed by atoms with E-state index in [-0.39, 0.29) is 0 Å². The van der Waals surface area contributed by atoms with Crippen LogP contribution in [0.15, 0.2) is 12.1 Å². The lowest BCUT2D eigenvalue weighted by Crippen LogP contribution is -2.21. The summed E-state index contributed by atoms with van der Waals surface area (Å²) in [5, 5.41) is 3.59. The van der Waals surface area contributed by atoms with Crippen LogP contribution >= 0.6 is 0 Å². The number of hydrogen-bond acceptors (Lipinski definition) is 2. The molecule has 1 N–H and O–H groups in total. The maximum absolute atomic E-state index is 5.68. The molecule has 2 aliphatic carbocycles. The summed E-state index contributed by atoms with van der Waals surface area (Å²) in [6.45, 7) is 4.37. The van der Waals surface area contributed by atoms with Crippen molar-refractivity contribution >= 4 is 0 Å². The molecule has 0 bridgehead atoms. The minimum atomic E-state index is 0.457. The lowest BCUT2D eigenvalue weighted by atomic mass is 9.93. The molecule has 3 unspecified atom stereocenters. The maximum atomic E-state index is 5.68. The van der Waals surface area contributed by atoms with E-state index in [0.29, 0.717) is 6.04 Å². The number of rotatable bonds is 4. The Kier molecular flexibility index (Phi) is 3.76. The van der Waals surface area contributed by atoms with Crippen LogP contribution in [0, 0.1) is 31.6 Å². The van der Waals surface area contributed by atoms with Gasteiger partial charge in [-0.05, 0) is 68.7 Å². The number of fused-ring (bicyclic) bond motifs is 1. The van der Waals surface area contributed by atoms with E-state index >= 15 is 0 Å². The van der Waals surface area contributed by atoms with Crippen LogP contribution in [0.1, 0.15) is 48.4 Å². The molecule has 0 radical (unpaired) electrons. The van der Waals surface area contributed by atoms with Crippen molar-refractivity contribution in [3.05, 3.63) is 28.8 Å². The zero-order valence-electron chi connectivity index (χ0n) is 13.2. The van der Waals surface area contributed by atoms with Crippen molar-refractivity contribution in [3.8, 4) is 5.75 Å². The van der Waals surface area contributed by atoms with Gasteiger partial charge in [-0.2, -0.15) is 0 Å². The van der Waals surface area contributed by atoms with Gasteiger partial charge in [0.2, 0.25) is 0 Å². The van der Waals surface area contributed by atoms with Crippen molar-refractivity contribution < 1.29 is 4.74 Å². The fraction of sp³-hybridized carbons (Fsp3) is 0.667. The van der Waals surface area contributed by atoms with Gasteiger partial charge in [0.15, 0.2) is 0 Å². The molecule has 1 aromatic carbocycles. The molecule has 2 nitrogen and oxygen atoms in total. The van der Waals surface area contributed by atoms with Gasteiger partial charge in [0.25, 0.3) is 0 Å². The summed E-state index contributed by atoms with van der Waals surface area (Å²) in [7, 11) is 3.90. The first kappa shape index (κ1) is 13.9. The number of methoxy groups -OCH3 is 1. The number of nitrogens with one attached hydrogen (secondary N) is 1. The molecule has 2 fully saturated rings. The van der Waals surface area contributed by atoms with Gasteiger partial charge in [-0.1, -0.05) is 18.9 Å². The zero-order chi connectivity index (χ0) is 14.3. The van der Waals surface area contributed by atoms with Crippen molar-refractivity contribution in [1.29, 1.82) is 0 Å². The quantitative estimate of drug-likeness (QED) is 0.895. The molecule has 20 heavy (non-hydrogen) atoms. The van der Waals surface area contributed by atoms with Crippen LogP contribution in [0.5, 0.6) is 5.75 Å². The number of aryl methyl sites for hydroxylation is 2. The molecule has 3 rings (SSSR count). The predicted octanol–water partition coefficient (Wildman–Crippen LogP) is 4.01. The molecule has 2 heteroatoms. The summed E-state index contributed by atoms with van der Waals surface area (Å²) < 4.78 is 5.68. The highest BCUT2D eigenvalue weighted by Gasteiger charge is 2.54. The van der Waals surface area contributed by atoms with Crippen LogP contribution < -0.4 is 10.1 Å². The highest BCUT2D eigenvalue weighted by atomic mass is 16.5. The molecule has 0 amide bonds. The van der Waals surface area contributed by atoms with E-state index in [1.165, 1.54) is 42.4 Å².